The van der Waals surface area contributed by atoms with Crippen molar-refractivity contribution in [3.8, 4) is 0 Å². The topological polar surface area (TPSA) is 40.6 Å². The third-order valence-corrected chi connectivity index (χ3v) is 4.34. The minimum absolute atomic E-state index is 0.110. The molecule has 1 aliphatic rings. The Morgan fingerprint density at radius 2 is 1.61 bits per heavy atom. The van der Waals surface area contributed by atoms with Gasteiger partial charge in [-0.2, -0.15) is 0 Å². The first kappa shape index (κ1) is 15.3. The van der Waals surface area contributed by atoms with E-state index in [1.54, 1.807) is 0 Å². The van der Waals surface area contributed by atoms with Gasteiger partial charge in [-0.15, -0.1) is 0 Å². The Morgan fingerprint density at radius 3 is 2.22 bits per heavy atom. The standard InChI is InChI=1S/C19H20N2O2/c1-15-4-2-3-5-18(15)19(23)21-12-10-20(11-13-21)17-8-6-16(14-22)7-9-17/h2-9,14H,10-13H2,1H3. The van der Waals surface area contributed by atoms with Gasteiger partial charge in [0.15, 0.2) is 0 Å². The van der Waals surface area contributed by atoms with Crippen LogP contribution in [-0.2, 0) is 0 Å². The van der Waals surface area contributed by atoms with Gasteiger partial charge in [0.2, 0.25) is 0 Å². The highest BCUT2D eigenvalue weighted by molar-refractivity contribution is 5.95. The van der Waals surface area contributed by atoms with Crippen molar-refractivity contribution in [3.05, 3.63) is 65.2 Å². The molecule has 4 heteroatoms. The van der Waals surface area contributed by atoms with Gasteiger partial charge >= 0.3 is 0 Å². The van der Waals surface area contributed by atoms with E-state index in [0.717, 1.165) is 36.2 Å². The molecule has 0 atom stereocenters. The molecule has 2 aromatic carbocycles. The summed E-state index contributed by atoms with van der Waals surface area (Å²) in [6, 6.07) is 15.3. The van der Waals surface area contributed by atoms with Crippen molar-refractivity contribution >= 4 is 17.9 Å². The van der Waals surface area contributed by atoms with Gasteiger partial charge in [0.25, 0.3) is 5.91 Å². The molecular formula is C19H20N2O2. The average molecular weight is 308 g/mol. The summed E-state index contributed by atoms with van der Waals surface area (Å²) >= 11 is 0. The number of anilines is 1. The Kier molecular flexibility index (Phi) is 4.42. The predicted molar refractivity (Wildman–Crippen MR) is 91.1 cm³/mol. The molecule has 118 valence electrons. The van der Waals surface area contributed by atoms with E-state index in [9.17, 15) is 9.59 Å². The Morgan fingerprint density at radius 1 is 0.957 bits per heavy atom. The van der Waals surface area contributed by atoms with Gasteiger partial charge in [-0.1, -0.05) is 18.2 Å². The van der Waals surface area contributed by atoms with E-state index in [0.29, 0.717) is 18.7 Å². The van der Waals surface area contributed by atoms with Gasteiger partial charge in [0.1, 0.15) is 6.29 Å². The summed E-state index contributed by atoms with van der Waals surface area (Å²) in [7, 11) is 0. The summed E-state index contributed by atoms with van der Waals surface area (Å²) in [6.45, 7) is 5.00. The number of carbonyl (C=O) groups excluding carboxylic acids is 2. The van der Waals surface area contributed by atoms with E-state index in [1.807, 2.05) is 60.4 Å². The van der Waals surface area contributed by atoms with Crippen molar-refractivity contribution < 1.29 is 9.59 Å². The molecule has 1 heterocycles. The van der Waals surface area contributed by atoms with Gasteiger partial charge in [-0.25, -0.2) is 0 Å². The number of aldehydes is 1. The van der Waals surface area contributed by atoms with E-state index in [4.69, 9.17) is 0 Å². The van der Waals surface area contributed by atoms with Crippen molar-refractivity contribution in [2.75, 3.05) is 31.1 Å². The van der Waals surface area contributed by atoms with Crippen molar-refractivity contribution in [1.82, 2.24) is 4.90 Å². The van der Waals surface area contributed by atoms with Crippen LogP contribution in [0.5, 0.6) is 0 Å². The third kappa shape index (κ3) is 3.26. The zero-order valence-electron chi connectivity index (χ0n) is 13.2. The van der Waals surface area contributed by atoms with Gasteiger partial charge < -0.3 is 9.80 Å². The number of benzene rings is 2. The molecule has 1 amide bonds. The van der Waals surface area contributed by atoms with E-state index < -0.39 is 0 Å². The molecule has 0 aliphatic carbocycles. The second-order valence-electron chi connectivity index (χ2n) is 5.80. The van der Waals surface area contributed by atoms with Crippen LogP contribution in [-0.4, -0.2) is 43.3 Å². The highest BCUT2D eigenvalue weighted by Crippen LogP contribution is 2.18. The second-order valence-corrected chi connectivity index (χ2v) is 5.80. The number of hydrogen-bond donors (Lipinski definition) is 0. The van der Waals surface area contributed by atoms with Gasteiger partial charge in [-0.05, 0) is 42.8 Å². The molecule has 1 aliphatic heterocycles. The summed E-state index contributed by atoms with van der Waals surface area (Å²) in [6.07, 6.45) is 0.850. The normalized spacial score (nSPS) is 14.7. The highest BCUT2D eigenvalue weighted by atomic mass is 16.2. The van der Waals surface area contributed by atoms with Gasteiger partial charge in [-0.3, -0.25) is 9.59 Å². The summed E-state index contributed by atoms with van der Waals surface area (Å²) in [5.41, 5.74) is 3.58. The summed E-state index contributed by atoms with van der Waals surface area (Å²) in [5.74, 6) is 0.110. The van der Waals surface area contributed by atoms with Crippen molar-refractivity contribution in [3.63, 3.8) is 0 Å². The minimum Gasteiger partial charge on any atom is -0.368 e. The van der Waals surface area contributed by atoms with Crippen LogP contribution in [0, 0.1) is 6.92 Å². The van der Waals surface area contributed by atoms with Crippen LogP contribution in [0.1, 0.15) is 26.3 Å². The summed E-state index contributed by atoms with van der Waals surface area (Å²) in [5, 5.41) is 0. The molecule has 1 saturated heterocycles. The zero-order valence-corrected chi connectivity index (χ0v) is 13.2. The lowest BCUT2D eigenvalue weighted by Gasteiger charge is -2.36. The fraction of sp³-hybridized carbons (Fsp3) is 0.263. The highest BCUT2D eigenvalue weighted by Gasteiger charge is 2.23. The summed E-state index contributed by atoms with van der Waals surface area (Å²) in [4.78, 5) is 27.5. The van der Waals surface area contributed by atoms with Gasteiger partial charge in [0, 0.05) is 43.0 Å². The Labute approximate surface area is 136 Å². The lowest BCUT2D eigenvalue weighted by molar-refractivity contribution is 0.0746. The Bertz CT molecular complexity index is 702. The SMILES string of the molecule is Cc1ccccc1C(=O)N1CCN(c2ccc(C=O)cc2)CC1. The van der Waals surface area contributed by atoms with E-state index >= 15 is 0 Å². The molecule has 0 bridgehead atoms. The van der Waals surface area contributed by atoms with Crippen molar-refractivity contribution in [2.45, 2.75) is 6.92 Å². The minimum atomic E-state index is 0.110. The lowest BCUT2D eigenvalue weighted by Crippen LogP contribution is -2.48. The van der Waals surface area contributed by atoms with Gasteiger partial charge in [0.05, 0.1) is 0 Å². The molecule has 0 aromatic heterocycles. The number of rotatable bonds is 3. The summed E-state index contributed by atoms with van der Waals surface area (Å²) < 4.78 is 0. The molecular weight excluding hydrogens is 288 g/mol. The first-order valence-electron chi connectivity index (χ1n) is 7.84. The largest absolute Gasteiger partial charge is 0.368 e. The number of nitrogens with zero attached hydrogens (tertiary/aromatic N) is 2. The fourth-order valence-corrected chi connectivity index (χ4v) is 2.91. The van der Waals surface area contributed by atoms with E-state index in [-0.39, 0.29) is 5.91 Å². The van der Waals surface area contributed by atoms with Crippen LogP contribution in [0.4, 0.5) is 5.69 Å². The average Bonchev–Trinajstić information content (AvgIpc) is 2.62. The third-order valence-electron chi connectivity index (χ3n) is 4.34. The van der Waals surface area contributed by atoms with Crippen LogP contribution in [0.3, 0.4) is 0 Å². The Hall–Kier alpha value is -2.62. The molecule has 1 fully saturated rings. The van der Waals surface area contributed by atoms with Crippen LogP contribution in [0.15, 0.2) is 48.5 Å². The number of hydrogen-bond acceptors (Lipinski definition) is 3. The molecule has 4 nitrogen and oxygen atoms in total. The first-order valence-corrected chi connectivity index (χ1v) is 7.84. The number of carbonyl (C=O) groups is 2. The maximum absolute atomic E-state index is 12.6. The Balaban J connectivity index is 1.65. The molecule has 0 saturated carbocycles. The smallest absolute Gasteiger partial charge is 0.254 e. The zero-order chi connectivity index (χ0) is 16.2. The molecule has 3 rings (SSSR count). The van der Waals surface area contributed by atoms with Crippen LogP contribution < -0.4 is 4.90 Å². The van der Waals surface area contributed by atoms with Crippen LogP contribution in [0.2, 0.25) is 0 Å². The molecule has 2 aromatic rings. The molecule has 23 heavy (non-hydrogen) atoms. The second kappa shape index (κ2) is 6.65. The fourth-order valence-electron chi connectivity index (χ4n) is 2.91. The molecule has 0 N–H and O–H groups in total. The van der Waals surface area contributed by atoms with E-state index in [1.165, 1.54) is 0 Å². The van der Waals surface area contributed by atoms with Crippen molar-refractivity contribution in [2.24, 2.45) is 0 Å². The number of aryl methyl sites for hydroxylation is 1. The van der Waals surface area contributed by atoms with Crippen molar-refractivity contribution in [1.29, 1.82) is 0 Å². The number of piperazine rings is 1. The predicted octanol–water partition coefficient (Wildman–Crippen LogP) is 2.77. The number of amides is 1. The maximum atomic E-state index is 12.6. The molecule has 0 spiro atoms. The first-order chi connectivity index (χ1) is 11.2. The monoisotopic (exact) mass is 308 g/mol. The molecule has 0 radical (unpaired) electrons. The molecule has 0 unspecified atom stereocenters. The maximum Gasteiger partial charge on any atom is 0.254 e. The lowest BCUT2D eigenvalue weighted by atomic mass is 10.1. The van der Waals surface area contributed by atoms with Crippen LogP contribution >= 0.6 is 0 Å². The van der Waals surface area contributed by atoms with Crippen LogP contribution in [0.25, 0.3) is 0 Å². The quantitative estimate of drug-likeness (QED) is 0.819. The van der Waals surface area contributed by atoms with E-state index in [2.05, 4.69) is 4.90 Å².